The van der Waals surface area contributed by atoms with E-state index in [1.165, 1.54) is 0 Å². The SMILES string of the molecule is CCCc1ccccc1Oc1cccc(O)c1Oc1ccccc1CCC. The van der Waals surface area contributed by atoms with Gasteiger partial charge in [-0.2, -0.15) is 0 Å². The number of aryl methyl sites for hydroxylation is 2. The Morgan fingerprint density at radius 2 is 1.15 bits per heavy atom. The van der Waals surface area contributed by atoms with Crippen LogP contribution in [-0.2, 0) is 12.8 Å². The van der Waals surface area contributed by atoms with Gasteiger partial charge in [0.1, 0.15) is 11.5 Å². The number of hydrogen-bond acceptors (Lipinski definition) is 3. The van der Waals surface area contributed by atoms with E-state index in [1.807, 2.05) is 42.5 Å². The molecule has 0 aliphatic rings. The molecule has 0 aromatic heterocycles. The lowest BCUT2D eigenvalue weighted by molar-refractivity contribution is 0.378. The van der Waals surface area contributed by atoms with E-state index < -0.39 is 0 Å². The molecule has 0 saturated carbocycles. The van der Waals surface area contributed by atoms with Crippen molar-refractivity contribution in [1.82, 2.24) is 0 Å². The molecule has 3 aromatic rings. The van der Waals surface area contributed by atoms with Crippen LogP contribution in [0.25, 0.3) is 0 Å². The van der Waals surface area contributed by atoms with E-state index in [4.69, 9.17) is 9.47 Å². The van der Waals surface area contributed by atoms with E-state index >= 15 is 0 Å². The summed E-state index contributed by atoms with van der Waals surface area (Å²) in [4.78, 5) is 0. The van der Waals surface area contributed by atoms with Gasteiger partial charge >= 0.3 is 0 Å². The lowest BCUT2D eigenvalue weighted by atomic mass is 10.1. The maximum Gasteiger partial charge on any atom is 0.211 e. The van der Waals surface area contributed by atoms with Gasteiger partial charge in [-0.1, -0.05) is 69.2 Å². The summed E-state index contributed by atoms with van der Waals surface area (Å²) in [6, 6.07) is 21.1. The molecule has 0 atom stereocenters. The molecule has 0 saturated heterocycles. The van der Waals surface area contributed by atoms with Crippen LogP contribution in [0.15, 0.2) is 66.7 Å². The molecule has 3 rings (SSSR count). The van der Waals surface area contributed by atoms with Gasteiger partial charge in [-0.25, -0.2) is 0 Å². The van der Waals surface area contributed by atoms with E-state index in [0.29, 0.717) is 11.5 Å². The fraction of sp³-hybridized carbons (Fsp3) is 0.250. The molecule has 140 valence electrons. The topological polar surface area (TPSA) is 38.7 Å². The Hall–Kier alpha value is -2.94. The Labute approximate surface area is 161 Å². The Morgan fingerprint density at radius 1 is 0.630 bits per heavy atom. The molecule has 0 aliphatic heterocycles. The van der Waals surface area contributed by atoms with Crippen molar-refractivity contribution in [2.45, 2.75) is 39.5 Å². The number of hydrogen-bond donors (Lipinski definition) is 1. The van der Waals surface area contributed by atoms with Crippen LogP contribution in [0.1, 0.15) is 37.8 Å². The molecule has 0 fully saturated rings. The number of para-hydroxylation sites is 3. The first-order chi connectivity index (χ1) is 13.2. The average molecular weight is 362 g/mol. The molecule has 0 bridgehead atoms. The van der Waals surface area contributed by atoms with Gasteiger partial charge in [0.25, 0.3) is 0 Å². The van der Waals surface area contributed by atoms with E-state index in [-0.39, 0.29) is 5.75 Å². The number of benzene rings is 3. The third kappa shape index (κ3) is 4.62. The minimum atomic E-state index is 0.0618. The largest absolute Gasteiger partial charge is 0.504 e. The van der Waals surface area contributed by atoms with Crippen LogP contribution in [-0.4, -0.2) is 5.11 Å². The average Bonchev–Trinajstić information content (AvgIpc) is 2.68. The first-order valence-electron chi connectivity index (χ1n) is 9.56. The Bertz CT molecular complexity index is 886. The molecule has 0 amide bonds. The number of ether oxygens (including phenoxy) is 2. The maximum absolute atomic E-state index is 10.4. The molecule has 0 spiro atoms. The zero-order valence-electron chi connectivity index (χ0n) is 15.9. The van der Waals surface area contributed by atoms with E-state index in [2.05, 4.69) is 26.0 Å². The summed E-state index contributed by atoms with van der Waals surface area (Å²) in [5.41, 5.74) is 2.25. The van der Waals surface area contributed by atoms with Crippen molar-refractivity contribution < 1.29 is 14.6 Å². The summed E-state index contributed by atoms with van der Waals surface area (Å²) in [5.74, 6) is 2.44. The fourth-order valence-corrected chi connectivity index (χ4v) is 3.07. The highest BCUT2D eigenvalue weighted by Crippen LogP contribution is 2.42. The third-order valence-electron chi connectivity index (χ3n) is 4.37. The predicted molar refractivity (Wildman–Crippen MR) is 109 cm³/mol. The lowest BCUT2D eigenvalue weighted by Gasteiger charge is -2.17. The number of phenolic OH excluding ortho intramolecular Hbond substituents is 1. The van der Waals surface area contributed by atoms with Crippen LogP contribution in [0, 0.1) is 0 Å². The van der Waals surface area contributed by atoms with E-state index in [0.717, 1.165) is 48.3 Å². The second-order valence-corrected chi connectivity index (χ2v) is 6.52. The Kier molecular flexibility index (Phi) is 6.37. The Morgan fingerprint density at radius 3 is 1.74 bits per heavy atom. The van der Waals surface area contributed by atoms with Gasteiger partial charge in [0.2, 0.25) is 5.75 Å². The van der Waals surface area contributed by atoms with Crippen molar-refractivity contribution in [3.63, 3.8) is 0 Å². The highest BCUT2D eigenvalue weighted by atomic mass is 16.5. The van der Waals surface area contributed by atoms with Gasteiger partial charge < -0.3 is 14.6 Å². The molecule has 0 aliphatic carbocycles. The summed E-state index contributed by atoms with van der Waals surface area (Å²) >= 11 is 0. The quantitative estimate of drug-likeness (QED) is 0.474. The lowest BCUT2D eigenvalue weighted by Crippen LogP contribution is -1.96. The van der Waals surface area contributed by atoms with Gasteiger partial charge in [-0.15, -0.1) is 0 Å². The summed E-state index contributed by atoms with van der Waals surface area (Å²) in [6.07, 6.45) is 3.91. The van der Waals surface area contributed by atoms with E-state index in [1.54, 1.807) is 12.1 Å². The fourth-order valence-electron chi connectivity index (χ4n) is 3.07. The van der Waals surface area contributed by atoms with Gasteiger partial charge in [-0.05, 0) is 48.2 Å². The van der Waals surface area contributed by atoms with Crippen LogP contribution in [0.5, 0.6) is 28.7 Å². The van der Waals surface area contributed by atoms with Crippen molar-refractivity contribution in [2.75, 3.05) is 0 Å². The normalized spacial score (nSPS) is 10.6. The van der Waals surface area contributed by atoms with Gasteiger partial charge in [-0.3, -0.25) is 0 Å². The van der Waals surface area contributed by atoms with Crippen molar-refractivity contribution in [2.24, 2.45) is 0 Å². The van der Waals surface area contributed by atoms with E-state index in [9.17, 15) is 5.11 Å². The molecule has 27 heavy (non-hydrogen) atoms. The van der Waals surface area contributed by atoms with Crippen molar-refractivity contribution in [1.29, 1.82) is 0 Å². The molecule has 0 heterocycles. The van der Waals surface area contributed by atoms with Gasteiger partial charge in [0, 0.05) is 0 Å². The minimum Gasteiger partial charge on any atom is -0.504 e. The van der Waals surface area contributed by atoms with Crippen LogP contribution < -0.4 is 9.47 Å². The van der Waals surface area contributed by atoms with Crippen LogP contribution in [0.2, 0.25) is 0 Å². The van der Waals surface area contributed by atoms with Crippen molar-refractivity contribution >= 4 is 0 Å². The smallest absolute Gasteiger partial charge is 0.211 e. The number of phenols is 1. The first-order valence-corrected chi connectivity index (χ1v) is 9.56. The van der Waals surface area contributed by atoms with Crippen molar-refractivity contribution in [3.05, 3.63) is 77.9 Å². The van der Waals surface area contributed by atoms with Crippen molar-refractivity contribution in [3.8, 4) is 28.7 Å². The first kappa shape index (κ1) is 18.8. The molecule has 1 N–H and O–H groups in total. The molecule has 3 heteroatoms. The predicted octanol–water partition coefficient (Wildman–Crippen LogP) is 6.88. The maximum atomic E-state index is 10.4. The van der Waals surface area contributed by atoms with Crippen LogP contribution in [0.3, 0.4) is 0 Å². The zero-order chi connectivity index (χ0) is 19.1. The highest BCUT2D eigenvalue weighted by molar-refractivity contribution is 5.55. The summed E-state index contributed by atoms with van der Waals surface area (Å²) < 4.78 is 12.3. The minimum absolute atomic E-state index is 0.0618. The Balaban J connectivity index is 1.95. The van der Waals surface area contributed by atoms with Crippen LogP contribution >= 0.6 is 0 Å². The molecular formula is C24H26O3. The zero-order valence-corrected chi connectivity index (χ0v) is 15.9. The second-order valence-electron chi connectivity index (χ2n) is 6.52. The number of rotatable bonds is 8. The molecule has 3 aromatic carbocycles. The molecule has 0 radical (unpaired) electrons. The monoisotopic (exact) mass is 362 g/mol. The standard InChI is InChI=1S/C24H26O3/c1-3-10-18-12-5-7-15-21(18)26-23-17-9-14-20(25)24(23)27-22-16-8-6-13-19(22)11-4-2/h5-9,12-17,25H,3-4,10-11H2,1-2H3. The van der Waals surface area contributed by atoms with Gasteiger partial charge in [0.15, 0.2) is 11.5 Å². The van der Waals surface area contributed by atoms with Crippen LogP contribution in [0.4, 0.5) is 0 Å². The molecule has 3 nitrogen and oxygen atoms in total. The molecule has 0 unspecified atom stereocenters. The summed E-state index contributed by atoms with van der Waals surface area (Å²) in [7, 11) is 0. The molecular weight excluding hydrogens is 336 g/mol. The highest BCUT2D eigenvalue weighted by Gasteiger charge is 2.15. The number of aromatic hydroxyl groups is 1. The van der Waals surface area contributed by atoms with Gasteiger partial charge in [0.05, 0.1) is 0 Å². The third-order valence-corrected chi connectivity index (χ3v) is 4.37. The second kappa shape index (κ2) is 9.13. The summed E-state index contributed by atoms with van der Waals surface area (Å²) in [5, 5.41) is 10.4. The summed E-state index contributed by atoms with van der Waals surface area (Å²) in [6.45, 7) is 4.28.